The van der Waals surface area contributed by atoms with Crippen LogP contribution in [0.25, 0.3) is 0 Å². The van der Waals surface area contributed by atoms with Crippen LogP contribution in [0.15, 0.2) is 54.6 Å². The second-order valence-corrected chi connectivity index (χ2v) is 13.7. The quantitative estimate of drug-likeness (QED) is 0.401. The number of carbonyl (C=O) groups is 2. The summed E-state index contributed by atoms with van der Waals surface area (Å²) in [5.41, 5.74) is 1.70. The monoisotopic (exact) mass is 570 g/mol. The second kappa shape index (κ2) is 9.11. The minimum Gasteiger partial charge on any atom is -0.462 e. The van der Waals surface area contributed by atoms with E-state index in [0.29, 0.717) is 49.2 Å². The number of nitrogens with zero attached hydrogens (tertiary/aromatic N) is 2. The topological polar surface area (TPSA) is 84.1 Å². The summed E-state index contributed by atoms with van der Waals surface area (Å²) in [4.78, 5) is 33.1. The third-order valence-corrected chi connectivity index (χ3v) is 11.8. The van der Waals surface area contributed by atoms with Crippen LogP contribution in [0.1, 0.15) is 61.1 Å². The van der Waals surface area contributed by atoms with Crippen molar-refractivity contribution in [2.45, 2.75) is 111 Å². The van der Waals surface area contributed by atoms with Crippen molar-refractivity contribution < 1.29 is 28.5 Å². The zero-order chi connectivity index (χ0) is 28.3. The van der Waals surface area contributed by atoms with Gasteiger partial charge < -0.3 is 18.9 Å². The molecule has 1 aliphatic carbocycles. The summed E-state index contributed by atoms with van der Waals surface area (Å²) in [5, 5.41) is 0. The highest BCUT2D eigenvalue weighted by atomic mass is 16.6. The number of fused-ring (bicyclic) bond motifs is 11. The number of rotatable bonds is 5. The van der Waals surface area contributed by atoms with Crippen LogP contribution in [-0.2, 0) is 34.0 Å². The molecule has 0 spiro atoms. The van der Waals surface area contributed by atoms with Gasteiger partial charge in [-0.1, -0.05) is 54.6 Å². The van der Waals surface area contributed by atoms with Gasteiger partial charge in [0.15, 0.2) is 0 Å². The minimum absolute atomic E-state index is 0.0898. The maximum atomic E-state index is 14.5. The summed E-state index contributed by atoms with van der Waals surface area (Å²) in [7, 11) is 4.33. The average Bonchev–Trinajstić information content (AvgIpc) is 3.91. The first-order chi connectivity index (χ1) is 20.4. The lowest BCUT2D eigenvalue weighted by atomic mass is 9.63. The van der Waals surface area contributed by atoms with Crippen molar-refractivity contribution in [2.24, 2.45) is 0 Å². The van der Waals surface area contributed by atoms with Gasteiger partial charge in [0.05, 0.1) is 5.92 Å². The van der Waals surface area contributed by atoms with E-state index in [2.05, 4.69) is 23.9 Å². The Bertz CT molecular complexity index is 1400. The molecule has 4 bridgehead atoms. The number of hydrogen-bond acceptors (Lipinski definition) is 8. The van der Waals surface area contributed by atoms with E-state index in [4.69, 9.17) is 18.9 Å². The van der Waals surface area contributed by atoms with E-state index >= 15 is 0 Å². The zero-order valence-electron chi connectivity index (χ0n) is 24.1. The van der Waals surface area contributed by atoms with Crippen molar-refractivity contribution in [3.63, 3.8) is 0 Å². The Morgan fingerprint density at radius 1 is 0.738 bits per heavy atom. The van der Waals surface area contributed by atoms with E-state index in [1.165, 1.54) is 0 Å². The number of morpholine rings is 2. The molecule has 0 N–H and O–H groups in total. The molecule has 0 saturated carbocycles. The van der Waals surface area contributed by atoms with Crippen molar-refractivity contribution in [3.8, 4) is 0 Å². The molecule has 10 unspecified atom stereocenters. The Labute approximate surface area is 246 Å². The molecule has 8 heteroatoms. The van der Waals surface area contributed by atoms with E-state index in [0.717, 1.165) is 42.4 Å². The fraction of sp³-hybridized carbons (Fsp3) is 0.588. The third kappa shape index (κ3) is 3.62. The Kier molecular flexibility index (Phi) is 5.58. The molecule has 6 heterocycles. The number of epoxide rings is 2. The fourth-order valence-corrected chi connectivity index (χ4v) is 9.53. The number of carbonyl (C=O) groups excluding carboxylic acids is 2. The third-order valence-electron chi connectivity index (χ3n) is 11.8. The minimum atomic E-state index is -0.971. The number of esters is 2. The van der Waals surface area contributed by atoms with Crippen LogP contribution < -0.4 is 0 Å². The summed E-state index contributed by atoms with van der Waals surface area (Å²) >= 11 is 0. The highest BCUT2D eigenvalue weighted by Gasteiger charge is 2.64. The standard InChI is InChI=1S/C34H38N2O6/c1-35-24-14-19(15-25(35)29-28(24)41-29)39-32(37)22-12-13-34(18-8-4-3-5-9-18,23-11-7-6-10-21(22)23)33(38)40-20-16-26-30-31(42-30)27(17-20)36(26)2/h3-11,19-20,22,24-31H,12-17H2,1-2H3. The maximum absolute atomic E-state index is 14.5. The molecule has 6 saturated heterocycles. The molecule has 220 valence electrons. The van der Waals surface area contributed by atoms with E-state index in [1.54, 1.807) is 0 Å². The molecule has 42 heavy (non-hydrogen) atoms. The lowest BCUT2D eigenvalue weighted by molar-refractivity contribution is -0.162. The summed E-state index contributed by atoms with van der Waals surface area (Å²) < 4.78 is 24.4. The highest BCUT2D eigenvalue weighted by Crippen LogP contribution is 2.52. The summed E-state index contributed by atoms with van der Waals surface area (Å²) in [6.07, 6.45) is 5.21. The number of likely N-dealkylation sites (N-methyl/N-ethyl adjacent to an activating group) is 2. The van der Waals surface area contributed by atoms with Crippen LogP contribution >= 0.6 is 0 Å². The van der Waals surface area contributed by atoms with E-state index in [9.17, 15) is 9.59 Å². The van der Waals surface area contributed by atoms with Gasteiger partial charge in [0.25, 0.3) is 0 Å². The predicted molar refractivity (Wildman–Crippen MR) is 152 cm³/mol. The number of piperidine rings is 2. The van der Waals surface area contributed by atoms with E-state index in [-0.39, 0.29) is 36.4 Å². The molecule has 2 aromatic rings. The van der Waals surface area contributed by atoms with Crippen molar-refractivity contribution >= 4 is 11.9 Å². The molecule has 0 radical (unpaired) electrons. The van der Waals surface area contributed by atoms with Crippen LogP contribution in [0, 0.1) is 0 Å². The first-order valence-electron chi connectivity index (χ1n) is 15.8. The number of benzene rings is 2. The first kappa shape index (κ1) is 25.7. The molecule has 9 rings (SSSR count). The zero-order valence-corrected chi connectivity index (χ0v) is 24.1. The highest BCUT2D eigenvalue weighted by molar-refractivity contribution is 5.91. The van der Waals surface area contributed by atoms with E-state index < -0.39 is 11.3 Å². The molecular formula is C34H38N2O6. The van der Waals surface area contributed by atoms with Crippen molar-refractivity contribution in [2.75, 3.05) is 14.1 Å². The fourth-order valence-electron chi connectivity index (χ4n) is 9.53. The van der Waals surface area contributed by atoms with Gasteiger partial charge in [-0.05, 0) is 43.6 Å². The summed E-state index contributed by atoms with van der Waals surface area (Å²) in [5.74, 6) is -0.785. The lowest BCUT2D eigenvalue weighted by Gasteiger charge is -2.43. The van der Waals surface area contributed by atoms with Gasteiger partial charge in [0, 0.05) is 49.9 Å². The Morgan fingerprint density at radius 3 is 1.86 bits per heavy atom. The second-order valence-electron chi connectivity index (χ2n) is 13.7. The van der Waals surface area contributed by atoms with Gasteiger partial charge >= 0.3 is 11.9 Å². The number of ether oxygens (including phenoxy) is 4. The molecule has 0 amide bonds. The summed E-state index contributed by atoms with van der Waals surface area (Å²) in [6.45, 7) is 0. The Balaban J connectivity index is 1.00. The van der Waals surface area contributed by atoms with Crippen molar-refractivity contribution in [3.05, 3.63) is 71.3 Å². The van der Waals surface area contributed by atoms with Gasteiger partial charge in [-0.3, -0.25) is 19.4 Å². The molecule has 7 aliphatic rings. The van der Waals surface area contributed by atoms with Gasteiger partial charge in [-0.15, -0.1) is 0 Å². The van der Waals surface area contributed by atoms with Crippen LogP contribution in [0.4, 0.5) is 0 Å². The normalized spacial score (nSPS) is 44.5. The molecule has 6 aliphatic heterocycles. The smallest absolute Gasteiger partial charge is 0.321 e. The Hall–Kier alpha value is -2.78. The van der Waals surface area contributed by atoms with Gasteiger partial charge in [0.1, 0.15) is 42.0 Å². The first-order valence-corrected chi connectivity index (χ1v) is 15.8. The van der Waals surface area contributed by atoms with Crippen LogP contribution in [0.2, 0.25) is 0 Å². The lowest BCUT2D eigenvalue weighted by Crippen LogP contribution is -2.50. The average molecular weight is 571 g/mol. The Morgan fingerprint density at radius 2 is 1.26 bits per heavy atom. The molecule has 0 aromatic heterocycles. The van der Waals surface area contributed by atoms with Crippen molar-refractivity contribution in [1.82, 2.24) is 9.80 Å². The largest absolute Gasteiger partial charge is 0.462 e. The van der Waals surface area contributed by atoms with Gasteiger partial charge in [-0.2, -0.15) is 0 Å². The van der Waals surface area contributed by atoms with Crippen LogP contribution in [0.5, 0.6) is 0 Å². The van der Waals surface area contributed by atoms with Crippen LogP contribution in [-0.4, -0.2) is 96.6 Å². The molecular weight excluding hydrogens is 532 g/mol. The van der Waals surface area contributed by atoms with Crippen LogP contribution in [0.3, 0.4) is 0 Å². The van der Waals surface area contributed by atoms with Gasteiger partial charge in [0.2, 0.25) is 0 Å². The molecule has 2 aromatic carbocycles. The maximum Gasteiger partial charge on any atom is 0.321 e. The number of hydrogen-bond donors (Lipinski definition) is 0. The van der Waals surface area contributed by atoms with Gasteiger partial charge in [-0.25, -0.2) is 0 Å². The molecule has 8 nitrogen and oxygen atoms in total. The molecule has 10 atom stereocenters. The predicted octanol–water partition coefficient (Wildman–Crippen LogP) is 3.16. The van der Waals surface area contributed by atoms with E-state index in [1.807, 2.05) is 54.6 Å². The summed E-state index contributed by atoms with van der Waals surface area (Å²) in [6, 6.07) is 19.2. The SMILES string of the molecule is CN1C2CC(OC(=O)C3CCC(C(=O)OC4CC5C6OC6C(C4)N5C)(c4ccccc4)c4ccccc43)CC1C1OC12. The molecule has 6 fully saturated rings. The van der Waals surface area contributed by atoms with Crippen molar-refractivity contribution in [1.29, 1.82) is 0 Å².